The number of aromatic amines is 1. The van der Waals surface area contributed by atoms with Crippen molar-refractivity contribution in [2.24, 2.45) is 0 Å². The third-order valence-electron chi connectivity index (χ3n) is 3.47. The molecule has 3 rings (SSSR count). The number of nitrogens with zero attached hydrogens (tertiary/aromatic N) is 2. The van der Waals surface area contributed by atoms with Gasteiger partial charge in [-0.2, -0.15) is 0 Å². The zero-order valence-corrected chi connectivity index (χ0v) is 14.7. The number of anilines is 1. The number of H-pyrrole nitrogens is 1. The lowest BCUT2D eigenvalue weighted by molar-refractivity contribution is -0.115. The van der Waals surface area contributed by atoms with Crippen LogP contribution in [0.5, 0.6) is 11.5 Å². The molecule has 0 atom stereocenters. The van der Waals surface area contributed by atoms with Crippen LogP contribution >= 0.6 is 11.8 Å². The number of amides is 1. The van der Waals surface area contributed by atoms with Crippen LogP contribution in [-0.4, -0.2) is 40.8 Å². The lowest BCUT2D eigenvalue weighted by atomic mass is 10.2. The van der Waals surface area contributed by atoms with E-state index in [1.165, 1.54) is 11.8 Å². The van der Waals surface area contributed by atoms with Gasteiger partial charge in [-0.05, 0) is 24.3 Å². The van der Waals surface area contributed by atoms with Crippen LogP contribution in [-0.2, 0) is 4.79 Å². The van der Waals surface area contributed by atoms with Crippen molar-refractivity contribution in [3.8, 4) is 11.5 Å². The number of aromatic nitrogens is 3. The Labute approximate surface area is 149 Å². The highest BCUT2D eigenvalue weighted by atomic mass is 32.2. The molecule has 0 fully saturated rings. The minimum absolute atomic E-state index is 0.0750. The summed E-state index contributed by atoms with van der Waals surface area (Å²) in [6.07, 6.45) is 2.07. The number of benzene rings is 1. The van der Waals surface area contributed by atoms with Crippen LogP contribution < -0.4 is 14.8 Å². The predicted octanol–water partition coefficient (Wildman–Crippen LogP) is 3.10. The Hall–Kier alpha value is -2.74. The molecule has 2 N–H and O–H groups in total. The second kappa shape index (κ2) is 7.89. The van der Waals surface area contributed by atoms with E-state index in [2.05, 4.69) is 20.3 Å². The van der Waals surface area contributed by atoms with Crippen LogP contribution in [0.15, 0.2) is 41.7 Å². The maximum atomic E-state index is 12.1. The van der Waals surface area contributed by atoms with Crippen molar-refractivity contribution < 1.29 is 14.3 Å². The Balaban J connectivity index is 1.52. The van der Waals surface area contributed by atoms with Gasteiger partial charge in [0, 0.05) is 30.1 Å². The topological polar surface area (TPSA) is 89.1 Å². The lowest BCUT2D eigenvalue weighted by Crippen LogP contribution is -2.12. The number of pyridine rings is 1. The summed E-state index contributed by atoms with van der Waals surface area (Å²) < 4.78 is 10.4. The van der Waals surface area contributed by atoms with E-state index in [1.54, 1.807) is 38.6 Å². The molecule has 0 aliphatic carbocycles. The van der Waals surface area contributed by atoms with Crippen molar-refractivity contribution in [2.75, 3.05) is 25.3 Å². The van der Waals surface area contributed by atoms with Gasteiger partial charge in [0.05, 0.1) is 19.7 Å². The standard InChI is InChI=1S/C17H18N4O3S/c1-23-13-6-5-11(10-14(13)24-2)19-15(22)7-9-25-17-20-12-4-3-8-18-16(12)21-17/h3-6,8,10H,7,9H2,1-2H3,(H,19,22)(H,18,20,21). The first-order chi connectivity index (χ1) is 12.2. The van der Waals surface area contributed by atoms with Gasteiger partial charge in [-0.25, -0.2) is 9.97 Å². The molecule has 8 heteroatoms. The SMILES string of the molecule is COc1ccc(NC(=O)CCSc2nc3ncccc3[nH]2)cc1OC. The minimum Gasteiger partial charge on any atom is -0.493 e. The molecular weight excluding hydrogens is 340 g/mol. The summed E-state index contributed by atoms with van der Waals surface area (Å²) in [5, 5.41) is 3.61. The van der Waals surface area contributed by atoms with Crippen LogP contribution in [0.25, 0.3) is 11.2 Å². The molecule has 130 valence electrons. The van der Waals surface area contributed by atoms with Crippen LogP contribution in [0.1, 0.15) is 6.42 Å². The molecule has 3 aromatic rings. The third-order valence-corrected chi connectivity index (χ3v) is 4.35. The van der Waals surface area contributed by atoms with Gasteiger partial charge in [-0.1, -0.05) is 11.8 Å². The van der Waals surface area contributed by atoms with Gasteiger partial charge in [-0.3, -0.25) is 4.79 Å². The molecule has 1 amide bonds. The predicted molar refractivity (Wildman–Crippen MR) is 97.4 cm³/mol. The van der Waals surface area contributed by atoms with E-state index >= 15 is 0 Å². The number of rotatable bonds is 7. The Morgan fingerprint density at radius 1 is 1.24 bits per heavy atom. The Morgan fingerprint density at radius 2 is 2.08 bits per heavy atom. The lowest BCUT2D eigenvalue weighted by Gasteiger charge is -2.10. The van der Waals surface area contributed by atoms with Crippen molar-refractivity contribution in [2.45, 2.75) is 11.6 Å². The first-order valence-electron chi connectivity index (χ1n) is 7.65. The van der Waals surface area contributed by atoms with E-state index < -0.39 is 0 Å². The van der Waals surface area contributed by atoms with Crippen molar-refractivity contribution in [3.63, 3.8) is 0 Å². The van der Waals surface area contributed by atoms with Crippen LogP contribution in [0, 0.1) is 0 Å². The largest absolute Gasteiger partial charge is 0.493 e. The second-order valence-corrected chi connectivity index (χ2v) is 6.22. The average molecular weight is 358 g/mol. The molecular formula is C17H18N4O3S. The summed E-state index contributed by atoms with van der Waals surface area (Å²) in [5.74, 6) is 1.73. The maximum Gasteiger partial charge on any atom is 0.225 e. The highest BCUT2D eigenvalue weighted by Gasteiger charge is 2.09. The number of carbonyl (C=O) groups excluding carboxylic acids is 1. The van der Waals surface area contributed by atoms with E-state index in [1.807, 2.05) is 12.1 Å². The molecule has 25 heavy (non-hydrogen) atoms. The Kier molecular flexibility index (Phi) is 5.39. The van der Waals surface area contributed by atoms with Crippen molar-refractivity contribution in [3.05, 3.63) is 36.5 Å². The van der Waals surface area contributed by atoms with Crippen molar-refractivity contribution >= 4 is 34.5 Å². The fourth-order valence-electron chi connectivity index (χ4n) is 2.27. The molecule has 0 saturated heterocycles. The molecule has 0 unspecified atom stereocenters. The normalized spacial score (nSPS) is 10.6. The number of nitrogens with one attached hydrogen (secondary N) is 2. The van der Waals surface area contributed by atoms with Gasteiger partial charge in [0.25, 0.3) is 0 Å². The zero-order valence-electron chi connectivity index (χ0n) is 13.9. The first-order valence-corrected chi connectivity index (χ1v) is 8.63. The van der Waals surface area contributed by atoms with Gasteiger partial charge in [0.2, 0.25) is 5.91 Å². The first kappa shape index (κ1) is 17.1. The Bertz CT molecular complexity index is 848. The van der Waals surface area contributed by atoms with Gasteiger partial charge in [0.1, 0.15) is 0 Å². The second-order valence-electron chi connectivity index (χ2n) is 5.13. The van der Waals surface area contributed by atoms with Gasteiger partial charge >= 0.3 is 0 Å². The van der Waals surface area contributed by atoms with E-state index in [4.69, 9.17) is 9.47 Å². The van der Waals surface area contributed by atoms with Gasteiger partial charge in [-0.15, -0.1) is 0 Å². The van der Waals surface area contributed by atoms with E-state index in [0.717, 1.165) is 10.7 Å². The van der Waals surface area contributed by atoms with Crippen molar-refractivity contribution in [1.29, 1.82) is 0 Å². The summed E-state index contributed by atoms with van der Waals surface area (Å²) in [4.78, 5) is 23.8. The molecule has 2 aromatic heterocycles. The molecule has 0 aliphatic rings. The number of fused-ring (bicyclic) bond motifs is 1. The summed E-state index contributed by atoms with van der Waals surface area (Å²) in [7, 11) is 3.13. The molecule has 0 spiro atoms. The molecule has 0 aliphatic heterocycles. The highest BCUT2D eigenvalue weighted by molar-refractivity contribution is 7.99. The monoisotopic (exact) mass is 358 g/mol. The Morgan fingerprint density at radius 3 is 2.84 bits per heavy atom. The fourth-order valence-corrected chi connectivity index (χ4v) is 3.08. The summed E-state index contributed by atoms with van der Waals surface area (Å²) in [6, 6.07) is 9.03. The smallest absolute Gasteiger partial charge is 0.225 e. The number of thioether (sulfide) groups is 1. The quantitative estimate of drug-likeness (QED) is 0.631. The molecule has 1 aromatic carbocycles. The van der Waals surface area contributed by atoms with Gasteiger partial charge in [0.15, 0.2) is 22.3 Å². The maximum absolute atomic E-state index is 12.1. The van der Waals surface area contributed by atoms with Crippen LogP contribution in [0.2, 0.25) is 0 Å². The fraction of sp³-hybridized carbons (Fsp3) is 0.235. The summed E-state index contributed by atoms with van der Waals surface area (Å²) in [6.45, 7) is 0. The van der Waals surface area contributed by atoms with Gasteiger partial charge < -0.3 is 19.8 Å². The molecule has 0 radical (unpaired) electrons. The van der Waals surface area contributed by atoms with E-state index in [9.17, 15) is 4.79 Å². The average Bonchev–Trinajstić information content (AvgIpc) is 3.04. The zero-order chi connectivity index (χ0) is 17.6. The number of methoxy groups -OCH3 is 2. The van der Waals surface area contributed by atoms with Crippen molar-refractivity contribution in [1.82, 2.24) is 15.0 Å². The van der Waals surface area contributed by atoms with Crippen LogP contribution in [0.4, 0.5) is 5.69 Å². The number of imidazole rings is 1. The highest BCUT2D eigenvalue weighted by Crippen LogP contribution is 2.29. The van der Waals surface area contributed by atoms with E-state index in [0.29, 0.717) is 35.0 Å². The molecule has 2 heterocycles. The summed E-state index contributed by atoms with van der Waals surface area (Å²) >= 11 is 1.49. The number of hydrogen-bond acceptors (Lipinski definition) is 6. The summed E-state index contributed by atoms with van der Waals surface area (Å²) in [5.41, 5.74) is 2.24. The number of carbonyl (C=O) groups is 1. The molecule has 0 bridgehead atoms. The molecule has 7 nitrogen and oxygen atoms in total. The number of ether oxygens (including phenoxy) is 2. The minimum atomic E-state index is -0.0750. The van der Waals surface area contributed by atoms with Crippen LogP contribution in [0.3, 0.4) is 0 Å². The van der Waals surface area contributed by atoms with E-state index in [-0.39, 0.29) is 5.91 Å². The molecule has 0 saturated carbocycles. The third kappa shape index (κ3) is 4.21. The number of hydrogen-bond donors (Lipinski definition) is 2.